The molecule has 2 heterocycles. The first-order chi connectivity index (χ1) is 12.1. The second kappa shape index (κ2) is 7.90. The zero-order valence-corrected chi connectivity index (χ0v) is 15.0. The van der Waals surface area contributed by atoms with Gasteiger partial charge in [0.1, 0.15) is 0 Å². The van der Waals surface area contributed by atoms with Gasteiger partial charge in [-0.2, -0.15) is 0 Å². The van der Waals surface area contributed by atoms with Crippen LogP contribution in [0.15, 0.2) is 60.0 Å². The summed E-state index contributed by atoms with van der Waals surface area (Å²) < 4.78 is 0. The fourth-order valence-electron chi connectivity index (χ4n) is 2.44. The lowest BCUT2D eigenvalue weighted by atomic mass is 10.2. The van der Waals surface area contributed by atoms with E-state index in [4.69, 9.17) is 0 Å². The summed E-state index contributed by atoms with van der Waals surface area (Å²) in [6.45, 7) is 5.00. The SMILES string of the molecule is CC(C)N(Cc1ccccc1)c1ccc(NC(=O)c2cccs2)nn1. The number of anilines is 2. The van der Waals surface area contributed by atoms with Crippen LogP contribution in [0.2, 0.25) is 0 Å². The molecule has 0 aliphatic carbocycles. The average Bonchev–Trinajstić information content (AvgIpc) is 3.16. The van der Waals surface area contributed by atoms with Crippen molar-refractivity contribution < 1.29 is 4.79 Å². The van der Waals surface area contributed by atoms with E-state index in [2.05, 4.69) is 46.4 Å². The van der Waals surface area contributed by atoms with Crippen LogP contribution in [0.1, 0.15) is 29.1 Å². The van der Waals surface area contributed by atoms with Gasteiger partial charge in [-0.05, 0) is 43.0 Å². The smallest absolute Gasteiger partial charge is 0.266 e. The molecule has 6 heteroatoms. The fraction of sp³-hybridized carbons (Fsp3) is 0.211. The van der Waals surface area contributed by atoms with E-state index in [1.54, 1.807) is 12.1 Å². The van der Waals surface area contributed by atoms with E-state index < -0.39 is 0 Å². The molecule has 1 amide bonds. The van der Waals surface area contributed by atoms with Gasteiger partial charge in [0.25, 0.3) is 5.91 Å². The van der Waals surface area contributed by atoms with Crippen molar-refractivity contribution in [3.63, 3.8) is 0 Å². The maximum atomic E-state index is 12.1. The minimum atomic E-state index is -0.165. The monoisotopic (exact) mass is 352 g/mol. The van der Waals surface area contributed by atoms with E-state index in [0.717, 1.165) is 12.4 Å². The zero-order chi connectivity index (χ0) is 17.6. The molecule has 3 aromatic rings. The Labute approximate surface area is 151 Å². The Hall–Kier alpha value is -2.73. The van der Waals surface area contributed by atoms with Gasteiger partial charge in [-0.3, -0.25) is 4.79 Å². The Morgan fingerprint density at radius 2 is 1.88 bits per heavy atom. The molecule has 25 heavy (non-hydrogen) atoms. The Balaban J connectivity index is 1.72. The van der Waals surface area contributed by atoms with E-state index in [-0.39, 0.29) is 11.9 Å². The van der Waals surface area contributed by atoms with Crippen LogP contribution in [0.25, 0.3) is 0 Å². The van der Waals surface area contributed by atoms with Crippen LogP contribution in [0.4, 0.5) is 11.6 Å². The second-order valence-corrected chi connectivity index (χ2v) is 6.86. The molecule has 0 saturated carbocycles. The molecule has 0 fully saturated rings. The molecule has 0 aliphatic rings. The second-order valence-electron chi connectivity index (χ2n) is 5.92. The lowest BCUT2D eigenvalue weighted by Gasteiger charge is -2.27. The number of carbonyl (C=O) groups excluding carboxylic acids is 1. The van der Waals surface area contributed by atoms with Gasteiger partial charge >= 0.3 is 0 Å². The third-order valence-electron chi connectivity index (χ3n) is 3.75. The highest BCUT2D eigenvalue weighted by Gasteiger charge is 2.14. The normalized spacial score (nSPS) is 10.7. The quantitative estimate of drug-likeness (QED) is 0.722. The molecule has 0 unspecified atom stereocenters. The van der Waals surface area contributed by atoms with E-state index in [9.17, 15) is 4.79 Å². The number of hydrogen-bond donors (Lipinski definition) is 1. The minimum absolute atomic E-state index is 0.165. The Kier molecular flexibility index (Phi) is 5.40. The number of amides is 1. The third kappa shape index (κ3) is 4.42. The van der Waals surface area contributed by atoms with E-state index >= 15 is 0 Å². The number of nitrogens with zero attached hydrogens (tertiary/aromatic N) is 3. The van der Waals surface area contributed by atoms with Crippen LogP contribution in [-0.2, 0) is 6.54 Å². The fourth-order valence-corrected chi connectivity index (χ4v) is 3.06. The molecule has 0 aliphatic heterocycles. The van der Waals surface area contributed by atoms with Gasteiger partial charge in [0.15, 0.2) is 11.6 Å². The minimum Gasteiger partial charge on any atom is -0.348 e. The van der Waals surface area contributed by atoms with Crippen LogP contribution in [0.5, 0.6) is 0 Å². The highest BCUT2D eigenvalue weighted by Crippen LogP contribution is 2.19. The number of benzene rings is 1. The average molecular weight is 352 g/mol. The van der Waals surface area contributed by atoms with E-state index in [0.29, 0.717) is 10.7 Å². The largest absolute Gasteiger partial charge is 0.348 e. The van der Waals surface area contributed by atoms with Crippen molar-refractivity contribution in [2.45, 2.75) is 26.4 Å². The predicted octanol–water partition coefficient (Wildman–Crippen LogP) is 4.21. The van der Waals surface area contributed by atoms with Crippen LogP contribution >= 0.6 is 11.3 Å². The first kappa shape index (κ1) is 17.1. The maximum Gasteiger partial charge on any atom is 0.266 e. The topological polar surface area (TPSA) is 58.1 Å². The molecular formula is C19H20N4OS. The standard InChI is InChI=1S/C19H20N4OS/c1-14(2)23(13-15-7-4-3-5-8-15)18-11-10-17(21-22-18)20-19(24)16-9-6-12-25-16/h3-12,14H,13H2,1-2H3,(H,20,21,24). The maximum absolute atomic E-state index is 12.1. The number of aromatic nitrogens is 2. The van der Waals surface area contributed by atoms with Crippen LogP contribution in [-0.4, -0.2) is 22.1 Å². The molecule has 5 nitrogen and oxygen atoms in total. The van der Waals surface area contributed by atoms with Crippen molar-refractivity contribution in [1.29, 1.82) is 0 Å². The molecule has 2 aromatic heterocycles. The first-order valence-corrected chi connectivity index (χ1v) is 9.00. The molecule has 0 saturated heterocycles. The Morgan fingerprint density at radius 3 is 2.48 bits per heavy atom. The zero-order valence-electron chi connectivity index (χ0n) is 14.2. The molecule has 0 bridgehead atoms. The highest BCUT2D eigenvalue weighted by atomic mass is 32.1. The van der Waals surface area contributed by atoms with Crippen LogP contribution in [0, 0.1) is 0 Å². The van der Waals surface area contributed by atoms with Crippen LogP contribution < -0.4 is 10.2 Å². The molecule has 0 radical (unpaired) electrons. The summed E-state index contributed by atoms with van der Waals surface area (Å²) in [5.74, 6) is 1.07. The summed E-state index contributed by atoms with van der Waals surface area (Å²) in [6, 6.07) is 17.8. The lowest BCUT2D eigenvalue weighted by Crippen LogP contribution is -2.31. The molecule has 1 aromatic carbocycles. The predicted molar refractivity (Wildman–Crippen MR) is 102 cm³/mol. The third-order valence-corrected chi connectivity index (χ3v) is 4.62. The molecule has 0 spiro atoms. The number of nitrogens with one attached hydrogen (secondary N) is 1. The molecule has 3 rings (SSSR count). The van der Waals surface area contributed by atoms with Gasteiger partial charge in [0.05, 0.1) is 4.88 Å². The van der Waals surface area contributed by atoms with Crippen molar-refractivity contribution >= 4 is 28.9 Å². The summed E-state index contributed by atoms with van der Waals surface area (Å²) in [6.07, 6.45) is 0. The van der Waals surface area contributed by atoms with Crippen molar-refractivity contribution in [2.75, 3.05) is 10.2 Å². The van der Waals surface area contributed by atoms with Crippen LogP contribution in [0.3, 0.4) is 0 Å². The van der Waals surface area contributed by atoms with Crippen molar-refractivity contribution in [3.8, 4) is 0 Å². The molecule has 128 valence electrons. The van der Waals surface area contributed by atoms with Gasteiger partial charge < -0.3 is 10.2 Å². The summed E-state index contributed by atoms with van der Waals surface area (Å²) in [4.78, 5) is 14.9. The number of rotatable bonds is 6. The van der Waals surface area contributed by atoms with Crippen molar-refractivity contribution in [3.05, 3.63) is 70.4 Å². The van der Waals surface area contributed by atoms with E-state index in [1.165, 1.54) is 16.9 Å². The summed E-state index contributed by atoms with van der Waals surface area (Å²) in [7, 11) is 0. The summed E-state index contributed by atoms with van der Waals surface area (Å²) in [5, 5.41) is 13.1. The van der Waals surface area contributed by atoms with Crippen molar-refractivity contribution in [1.82, 2.24) is 10.2 Å². The van der Waals surface area contributed by atoms with Gasteiger partial charge in [-0.25, -0.2) is 0 Å². The summed E-state index contributed by atoms with van der Waals surface area (Å²) in [5.41, 5.74) is 1.22. The number of hydrogen-bond acceptors (Lipinski definition) is 5. The van der Waals surface area contributed by atoms with Gasteiger partial charge in [-0.15, -0.1) is 21.5 Å². The molecule has 0 atom stereocenters. The lowest BCUT2D eigenvalue weighted by molar-refractivity contribution is 0.103. The molecule has 1 N–H and O–H groups in total. The summed E-state index contributed by atoms with van der Waals surface area (Å²) >= 11 is 1.40. The molecular weight excluding hydrogens is 332 g/mol. The number of carbonyl (C=O) groups is 1. The Morgan fingerprint density at radius 1 is 1.08 bits per heavy atom. The number of thiophene rings is 1. The van der Waals surface area contributed by atoms with Gasteiger partial charge in [-0.1, -0.05) is 36.4 Å². The highest BCUT2D eigenvalue weighted by molar-refractivity contribution is 7.12. The first-order valence-electron chi connectivity index (χ1n) is 8.12. The van der Waals surface area contributed by atoms with Crippen molar-refractivity contribution in [2.24, 2.45) is 0 Å². The van der Waals surface area contributed by atoms with Gasteiger partial charge in [0.2, 0.25) is 0 Å². The van der Waals surface area contributed by atoms with Gasteiger partial charge in [0, 0.05) is 12.6 Å². The van der Waals surface area contributed by atoms with E-state index in [1.807, 2.05) is 35.7 Å². The Bertz CT molecular complexity index is 801.